The minimum Gasteiger partial charge on any atom is -0.495 e. The number of hydrogen-bond acceptors (Lipinski definition) is 5. The van der Waals surface area contributed by atoms with Gasteiger partial charge in [0.1, 0.15) is 5.75 Å². The molecule has 136 valence electrons. The Labute approximate surface area is 153 Å². The molecule has 7 heteroatoms. The van der Waals surface area contributed by atoms with E-state index in [1.807, 2.05) is 30.3 Å². The summed E-state index contributed by atoms with van der Waals surface area (Å²) < 4.78 is 33.3. The first-order valence-electron chi connectivity index (χ1n) is 8.56. The van der Waals surface area contributed by atoms with Gasteiger partial charge in [0.25, 0.3) is 10.0 Å². The van der Waals surface area contributed by atoms with Crippen molar-refractivity contribution >= 4 is 26.6 Å². The average Bonchev–Trinajstić information content (AvgIpc) is 3.13. The topological polar surface area (TPSA) is 63.6 Å². The Bertz CT molecular complexity index is 1040. The molecule has 1 N–H and O–H groups in total. The minimum atomic E-state index is -3.69. The Hall–Kier alpha value is -2.51. The van der Waals surface area contributed by atoms with E-state index in [0.29, 0.717) is 11.3 Å². The van der Waals surface area contributed by atoms with Gasteiger partial charge in [-0.1, -0.05) is 18.2 Å². The summed E-state index contributed by atoms with van der Waals surface area (Å²) in [5, 5.41) is 4.20. The number of anilines is 1. The molecule has 6 nitrogen and oxygen atoms in total. The molecule has 0 unspecified atom stereocenters. The van der Waals surface area contributed by atoms with Crippen molar-refractivity contribution in [2.45, 2.75) is 4.90 Å². The average molecular weight is 371 g/mol. The maximum absolute atomic E-state index is 13.2. The highest BCUT2D eigenvalue weighted by atomic mass is 32.2. The van der Waals surface area contributed by atoms with E-state index >= 15 is 0 Å². The molecule has 26 heavy (non-hydrogen) atoms. The highest BCUT2D eigenvalue weighted by Gasteiger charge is 2.23. The van der Waals surface area contributed by atoms with Crippen LogP contribution in [0.4, 0.5) is 5.69 Å². The molecule has 2 aromatic carbocycles. The largest absolute Gasteiger partial charge is 0.495 e. The lowest BCUT2D eigenvalue weighted by Crippen LogP contribution is -2.43. The molecular weight excluding hydrogens is 350 g/mol. The third-order valence-corrected chi connectivity index (χ3v) is 6.41. The van der Waals surface area contributed by atoms with E-state index in [0.717, 1.165) is 37.3 Å². The maximum Gasteiger partial charge on any atom is 0.268 e. The second-order valence-electron chi connectivity index (χ2n) is 6.25. The van der Waals surface area contributed by atoms with Crippen LogP contribution in [-0.4, -0.2) is 45.7 Å². The molecule has 0 spiro atoms. The number of para-hydroxylation sites is 1. The third-order valence-electron chi connectivity index (χ3n) is 4.73. The summed E-state index contributed by atoms with van der Waals surface area (Å²) in [6, 6.07) is 14.3. The molecule has 1 saturated heterocycles. The van der Waals surface area contributed by atoms with E-state index in [1.54, 1.807) is 31.5 Å². The van der Waals surface area contributed by atoms with E-state index < -0.39 is 10.0 Å². The number of methoxy groups -OCH3 is 1. The molecule has 0 saturated carbocycles. The van der Waals surface area contributed by atoms with Gasteiger partial charge in [0.2, 0.25) is 0 Å². The number of hydrogen-bond donors (Lipinski definition) is 1. The zero-order valence-corrected chi connectivity index (χ0v) is 15.4. The third kappa shape index (κ3) is 2.83. The smallest absolute Gasteiger partial charge is 0.268 e. The van der Waals surface area contributed by atoms with Gasteiger partial charge in [0.15, 0.2) is 0 Å². The number of nitrogens with one attached hydrogen (secondary N) is 1. The number of ether oxygens (including phenoxy) is 1. The standard InChI is InChI=1S/C19H21N3O3S/c1-25-19-7-6-16(14-18(19)21-12-9-20-10-13-21)26(23,24)22-11-8-15-4-2-3-5-17(15)22/h2-8,11,14,20H,9-10,12-13H2,1H3. The number of piperazine rings is 1. The second-order valence-corrected chi connectivity index (χ2v) is 8.06. The highest BCUT2D eigenvalue weighted by molar-refractivity contribution is 7.90. The summed E-state index contributed by atoms with van der Waals surface area (Å²) in [4.78, 5) is 2.41. The second kappa shape index (κ2) is 6.66. The number of fused-ring (bicyclic) bond motifs is 1. The van der Waals surface area contributed by atoms with E-state index in [-0.39, 0.29) is 4.90 Å². The number of nitrogens with zero attached hydrogens (tertiary/aromatic N) is 2. The van der Waals surface area contributed by atoms with Crippen LogP contribution in [0.1, 0.15) is 0 Å². The first-order chi connectivity index (χ1) is 12.6. The van der Waals surface area contributed by atoms with Crippen LogP contribution in [0.25, 0.3) is 10.9 Å². The van der Waals surface area contributed by atoms with Crippen LogP contribution in [0.2, 0.25) is 0 Å². The van der Waals surface area contributed by atoms with Gasteiger partial charge in [-0.15, -0.1) is 0 Å². The first kappa shape index (κ1) is 16.9. The molecule has 1 aromatic heterocycles. The molecule has 0 radical (unpaired) electrons. The molecule has 1 aliphatic rings. The summed E-state index contributed by atoms with van der Waals surface area (Å²) in [7, 11) is -2.08. The van der Waals surface area contributed by atoms with Crippen LogP contribution in [0.5, 0.6) is 5.75 Å². The molecule has 4 rings (SSSR count). The Kier molecular flexibility index (Phi) is 4.34. The van der Waals surface area contributed by atoms with Crippen LogP contribution >= 0.6 is 0 Å². The van der Waals surface area contributed by atoms with Crippen LogP contribution < -0.4 is 15.0 Å². The van der Waals surface area contributed by atoms with E-state index in [9.17, 15) is 8.42 Å². The number of aromatic nitrogens is 1. The Balaban J connectivity index is 1.81. The summed E-state index contributed by atoms with van der Waals surface area (Å²) >= 11 is 0. The van der Waals surface area contributed by atoms with Crippen molar-refractivity contribution in [2.24, 2.45) is 0 Å². The van der Waals surface area contributed by atoms with Crippen molar-refractivity contribution < 1.29 is 13.2 Å². The van der Waals surface area contributed by atoms with Gasteiger partial charge >= 0.3 is 0 Å². The Morgan fingerprint density at radius 3 is 2.58 bits per heavy atom. The molecule has 0 amide bonds. The molecule has 1 fully saturated rings. The molecule has 0 bridgehead atoms. The van der Waals surface area contributed by atoms with Gasteiger partial charge in [-0.25, -0.2) is 12.4 Å². The van der Waals surface area contributed by atoms with Gasteiger partial charge in [0, 0.05) is 37.8 Å². The number of rotatable bonds is 4. The summed E-state index contributed by atoms with van der Waals surface area (Å²) in [6.45, 7) is 3.35. The van der Waals surface area contributed by atoms with E-state index in [4.69, 9.17) is 4.74 Å². The normalized spacial score (nSPS) is 15.3. The zero-order chi connectivity index (χ0) is 18.1. The Morgan fingerprint density at radius 1 is 1.04 bits per heavy atom. The quantitative estimate of drug-likeness (QED) is 0.762. The van der Waals surface area contributed by atoms with Crippen molar-refractivity contribution in [3.05, 3.63) is 54.7 Å². The maximum atomic E-state index is 13.2. The summed E-state index contributed by atoms with van der Waals surface area (Å²) in [6.07, 6.45) is 1.61. The van der Waals surface area contributed by atoms with Crippen LogP contribution in [0.3, 0.4) is 0 Å². The van der Waals surface area contributed by atoms with Gasteiger partial charge in [-0.05, 0) is 30.3 Å². The van der Waals surface area contributed by atoms with Gasteiger partial charge in [-0.2, -0.15) is 0 Å². The zero-order valence-electron chi connectivity index (χ0n) is 14.6. The van der Waals surface area contributed by atoms with Crippen LogP contribution in [0, 0.1) is 0 Å². The monoisotopic (exact) mass is 371 g/mol. The minimum absolute atomic E-state index is 0.258. The van der Waals surface area contributed by atoms with Crippen molar-refractivity contribution in [1.82, 2.24) is 9.29 Å². The van der Waals surface area contributed by atoms with E-state index in [1.165, 1.54) is 3.97 Å². The van der Waals surface area contributed by atoms with Gasteiger partial charge < -0.3 is 15.0 Å². The van der Waals surface area contributed by atoms with Crippen molar-refractivity contribution in [2.75, 3.05) is 38.2 Å². The fourth-order valence-corrected chi connectivity index (χ4v) is 4.74. The summed E-state index contributed by atoms with van der Waals surface area (Å²) in [5.41, 5.74) is 1.48. The first-order valence-corrected chi connectivity index (χ1v) is 10.0. The van der Waals surface area contributed by atoms with Crippen molar-refractivity contribution in [3.63, 3.8) is 0 Å². The van der Waals surface area contributed by atoms with Crippen LogP contribution in [-0.2, 0) is 10.0 Å². The van der Waals surface area contributed by atoms with Gasteiger partial charge in [-0.3, -0.25) is 0 Å². The summed E-state index contributed by atoms with van der Waals surface area (Å²) in [5.74, 6) is 0.684. The molecule has 1 aliphatic heterocycles. The molecular formula is C19H21N3O3S. The highest BCUT2D eigenvalue weighted by Crippen LogP contribution is 2.32. The fourth-order valence-electron chi connectivity index (χ4n) is 3.36. The molecule has 2 heterocycles. The fraction of sp³-hybridized carbons (Fsp3) is 0.263. The predicted molar refractivity (Wildman–Crippen MR) is 103 cm³/mol. The van der Waals surface area contributed by atoms with Crippen molar-refractivity contribution in [3.8, 4) is 5.75 Å². The van der Waals surface area contributed by atoms with Crippen LogP contribution in [0.15, 0.2) is 59.6 Å². The molecule has 0 atom stereocenters. The lowest BCUT2D eigenvalue weighted by molar-refractivity contribution is 0.412. The molecule has 3 aromatic rings. The van der Waals surface area contributed by atoms with E-state index in [2.05, 4.69) is 10.2 Å². The predicted octanol–water partition coefficient (Wildman–Crippen LogP) is 2.30. The number of benzene rings is 2. The molecule has 0 aliphatic carbocycles. The lowest BCUT2D eigenvalue weighted by Gasteiger charge is -2.30. The lowest BCUT2D eigenvalue weighted by atomic mass is 10.2. The van der Waals surface area contributed by atoms with Gasteiger partial charge in [0.05, 0.1) is 23.2 Å². The Morgan fingerprint density at radius 2 is 1.81 bits per heavy atom. The SMILES string of the molecule is COc1ccc(S(=O)(=O)n2ccc3ccccc32)cc1N1CCNCC1. The van der Waals surface area contributed by atoms with Crippen molar-refractivity contribution in [1.29, 1.82) is 0 Å².